The predicted molar refractivity (Wildman–Crippen MR) is 140 cm³/mol. The van der Waals surface area contributed by atoms with E-state index >= 15 is 0 Å². The van der Waals surface area contributed by atoms with Crippen molar-refractivity contribution < 1.29 is 45.3 Å². The topological polar surface area (TPSA) is 168 Å². The molecule has 9 atom stereocenters. The molecule has 0 radical (unpaired) electrons. The normalized spacial score (nSPS) is 26.0. The van der Waals surface area contributed by atoms with E-state index in [1.54, 1.807) is 6.92 Å². The first-order chi connectivity index (χ1) is 17.3. The number of carbonyl (C=O) groups excluding carboxylic acids is 1. The zero-order chi connectivity index (χ0) is 28.2. The van der Waals surface area contributed by atoms with E-state index < -0.39 is 60.7 Å². The second kappa shape index (κ2) is 16.4. The highest BCUT2D eigenvalue weighted by atomic mass is 16.6. The zero-order valence-corrected chi connectivity index (χ0v) is 22.6. The van der Waals surface area contributed by atoms with Crippen molar-refractivity contribution in [1.29, 1.82) is 0 Å². The first-order valence-electron chi connectivity index (χ1n) is 13.2. The molecule has 0 saturated carbocycles. The molecular weight excluding hydrogens is 480 g/mol. The number of hydrogen-bond donors (Lipinski definition) is 7. The van der Waals surface area contributed by atoms with Crippen LogP contribution in [-0.2, 0) is 9.53 Å². The Labute approximate surface area is 220 Å². The molecule has 0 aliphatic carbocycles. The van der Waals surface area contributed by atoms with Gasteiger partial charge in [-0.2, -0.15) is 0 Å². The van der Waals surface area contributed by atoms with Crippen molar-refractivity contribution in [3.8, 4) is 0 Å². The minimum Gasteiger partial charge on any atom is -0.455 e. The predicted octanol–water partition coefficient (Wildman–Crippen LogP) is 1.52. The Morgan fingerprint density at radius 3 is 1.92 bits per heavy atom. The summed E-state index contributed by atoms with van der Waals surface area (Å²) in [6.45, 7) is 8.34. The van der Waals surface area contributed by atoms with Gasteiger partial charge < -0.3 is 40.5 Å². The van der Waals surface area contributed by atoms with Gasteiger partial charge in [0.25, 0.3) is 0 Å². The maximum absolute atomic E-state index is 11.3. The molecule has 0 bridgehead atoms. The Kier molecular flexibility index (Phi) is 14.8. The van der Waals surface area contributed by atoms with Gasteiger partial charge in [-0.1, -0.05) is 64.2 Å². The van der Waals surface area contributed by atoms with Crippen LogP contribution in [-0.4, -0.2) is 90.5 Å². The van der Waals surface area contributed by atoms with Crippen molar-refractivity contribution in [2.45, 2.75) is 121 Å². The number of allylic oxidation sites excluding steroid dienone is 6. The number of aliphatic hydroxyl groups is 7. The molecule has 0 amide bonds. The maximum Gasteiger partial charge on any atom is 0.338 e. The van der Waals surface area contributed by atoms with Gasteiger partial charge in [0, 0.05) is 0 Å². The van der Waals surface area contributed by atoms with E-state index in [1.807, 2.05) is 0 Å². The molecule has 37 heavy (non-hydrogen) atoms. The monoisotopic (exact) mass is 528 g/mol. The fourth-order valence-electron chi connectivity index (χ4n) is 3.99. The summed E-state index contributed by atoms with van der Waals surface area (Å²) in [7, 11) is 0. The van der Waals surface area contributed by atoms with Crippen LogP contribution < -0.4 is 0 Å². The number of cyclic esters (lactones) is 1. The highest BCUT2D eigenvalue weighted by molar-refractivity contribution is 5.77. The summed E-state index contributed by atoms with van der Waals surface area (Å²) in [5, 5.41) is 70.5. The lowest BCUT2D eigenvalue weighted by atomic mass is 9.88. The summed E-state index contributed by atoms with van der Waals surface area (Å²) in [4.78, 5) is 11.3. The number of esters is 1. The van der Waals surface area contributed by atoms with Gasteiger partial charge >= 0.3 is 5.97 Å². The van der Waals surface area contributed by atoms with Crippen LogP contribution in [0.4, 0.5) is 0 Å². The molecule has 1 fully saturated rings. The molecule has 1 saturated heterocycles. The highest BCUT2D eigenvalue weighted by Gasteiger charge is 2.50. The van der Waals surface area contributed by atoms with Crippen LogP contribution in [0.1, 0.15) is 72.6 Å². The maximum atomic E-state index is 11.3. The van der Waals surface area contributed by atoms with Crippen LogP contribution in [0.2, 0.25) is 0 Å². The summed E-state index contributed by atoms with van der Waals surface area (Å²) < 4.78 is 4.63. The molecule has 0 aromatic carbocycles. The third kappa shape index (κ3) is 11.8. The SMILES string of the molecule is C[C@H](CCC/C=C/CCC/C=C/C=C/CC(C)(C)C)[C@@H](O)[C@H](O)[C@H](O)[C@@H](O)[C@@H](O)[C@@H]1OC(=O)[C@H](O)[C@H]1O. The molecule has 1 rings (SSSR count). The van der Waals surface area contributed by atoms with E-state index in [4.69, 9.17) is 0 Å². The number of ether oxygens (including phenoxy) is 1. The lowest BCUT2D eigenvalue weighted by molar-refractivity contribution is -0.174. The van der Waals surface area contributed by atoms with E-state index in [9.17, 15) is 40.5 Å². The van der Waals surface area contributed by atoms with Crippen molar-refractivity contribution in [2.75, 3.05) is 0 Å². The lowest BCUT2D eigenvalue weighted by Crippen LogP contribution is -2.55. The van der Waals surface area contributed by atoms with E-state index in [1.165, 1.54) is 0 Å². The molecule has 7 N–H and O–H groups in total. The number of hydrogen-bond acceptors (Lipinski definition) is 9. The number of aliphatic hydroxyl groups excluding tert-OH is 7. The fourth-order valence-corrected chi connectivity index (χ4v) is 3.99. The highest BCUT2D eigenvalue weighted by Crippen LogP contribution is 2.24. The summed E-state index contributed by atoms with van der Waals surface area (Å²) in [5.41, 5.74) is 0.309. The average molecular weight is 529 g/mol. The average Bonchev–Trinajstić information content (AvgIpc) is 3.10. The Bertz CT molecular complexity index is 742. The minimum absolute atomic E-state index is 0.309. The van der Waals surface area contributed by atoms with Crippen LogP contribution in [0.3, 0.4) is 0 Å². The number of rotatable bonds is 16. The molecule has 0 spiro atoms. The molecule has 1 aliphatic heterocycles. The molecule has 9 heteroatoms. The van der Waals surface area contributed by atoms with Gasteiger partial charge in [-0.3, -0.25) is 0 Å². The zero-order valence-electron chi connectivity index (χ0n) is 22.6. The molecule has 0 aromatic heterocycles. The molecule has 0 aromatic rings. The Morgan fingerprint density at radius 1 is 0.811 bits per heavy atom. The van der Waals surface area contributed by atoms with Gasteiger partial charge in [0.1, 0.15) is 30.5 Å². The van der Waals surface area contributed by atoms with Crippen LogP contribution in [0.15, 0.2) is 36.5 Å². The Morgan fingerprint density at radius 2 is 1.35 bits per heavy atom. The van der Waals surface area contributed by atoms with Gasteiger partial charge in [-0.05, 0) is 56.3 Å². The van der Waals surface area contributed by atoms with Crippen LogP contribution in [0.5, 0.6) is 0 Å². The standard InChI is InChI=1S/C28H48O9/c1-18(16-14-12-10-8-6-5-7-9-11-13-15-17-28(2,3)4)19(29)20(30)21(31)22(32)23(33)26-24(34)25(35)27(36)37-26/h8-11,13,15,18-26,29-35H,5-7,12,14,16-17H2,1-4H3/b10-8+,11-9+,15-13+/t18-,19-,20+,21+,22-,23-,24-,25-,26+/m1/s1. The third-order valence-electron chi connectivity index (χ3n) is 6.53. The fraction of sp³-hybridized carbons (Fsp3) is 0.750. The summed E-state index contributed by atoms with van der Waals surface area (Å²) >= 11 is 0. The summed E-state index contributed by atoms with van der Waals surface area (Å²) in [6, 6.07) is 0. The van der Waals surface area contributed by atoms with Crippen molar-refractivity contribution in [1.82, 2.24) is 0 Å². The van der Waals surface area contributed by atoms with Crippen LogP contribution in [0, 0.1) is 11.3 Å². The lowest BCUT2D eigenvalue weighted by Gasteiger charge is -2.33. The van der Waals surface area contributed by atoms with E-state index in [0.29, 0.717) is 11.8 Å². The van der Waals surface area contributed by atoms with Crippen molar-refractivity contribution in [2.24, 2.45) is 11.3 Å². The Hall–Kier alpha value is -1.59. The summed E-state index contributed by atoms with van der Waals surface area (Å²) in [5.74, 6) is -1.58. The molecule has 1 heterocycles. The number of unbranched alkanes of at least 4 members (excludes halogenated alkanes) is 3. The van der Waals surface area contributed by atoms with Gasteiger partial charge in [-0.15, -0.1) is 0 Å². The second-order valence-electron chi connectivity index (χ2n) is 11.2. The Balaban J connectivity index is 2.29. The van der Waals surface area contributed by atoms with Crippen molar-refractivity contribution in [3.63, 3.8) is 0 Å². The van der Waals surface area contributed by atoms with Crippen LogP contribution in [0.25, 0.3) is 0 Å². The first-order valence-corrected chi connectivity index (χ1v) is 13.2. The van der Waals surface area contributed by atoms with E-state index in [-0.39, 0.29) is 0 Å². The first kappa shape index (κ1) is 33.4. The molecule has 214 valence electrons. The van der Waals surface area contributed by atoms with Gasteiger partial charge in [0.2, 0.25) is 0 Å². The molecular formula is C28H48O9. The summed E-state index contributed by atoms with van der Waals surface area (Å²) in [6.07, 6.45) is 4.45. The third-order valence-corrected chi connectivity index (χ3v) is 6.53. The molecule has 1 aliphatic rings. The van der Waals surface area contributed by atoms with Gasteiger partial charge in [0.05, 0.1) is 6.10 Å². The van der Waals surface area contributed by atoms with Crippen molar-refractivity contribution >= 4 is 5.97 Å². The largest absolute Gasteiger partial charge is 0.455 e. The van der Waals surface area contributed by atoms with E-state index in [0.717, 1.165) is 38.5 Å². The van der Waals surface area contributed by atoms with E-state index in [2.05, 4.69) is 62.0 Å². The second-order valence-corrected chi connectivity index (χ2v) is 11.2. The van der Waals surface area contributed by atoms with Gasteiger partial charge in [-0.25, -0.2) is 4.79 Å². The van der Waals surface area contributed by atoms with Gasteiger partial charge in [0.15, 0.2) is 12.2 Å². The quantitative estimate of drug-likeness (QED) is 0.0680. The van der Waals surface area contributed by atoms with Crippen LogP contribution >= 0.6 is 0 Å². The minimum atomic E-state index is -2.04. The number of carbonyl (C=O) groups is 1. The smallest absolute Gasteiger partial charge is 0.338 e. The van der Waals surface area contributed by atoms with Crippen molar-refractivity contribution in [3.05, 3.63) is 36.5 Å². The molecule has 0 unspecified atom stereocenters. The molecule has 9 nitrogen and oxygen atoms in total.